The van der Waals surface area contributed by atoms with Gasteiger partial charge in [0.15, 0.2) is 0 Å². The highest BCUT2D eigenvalue weighted by atomic mass is 35.5. The van der Waals surface area contributed by atoms with E-state index in [1.165, 1.54) is 0 Å². The van der Waals surface area contributed by atoms with E-state index in [2.05, 4.69) is 11.6 Å². The number of halogens is 1. The maximum Gasteiger partial charge on any atom is 0.129 e. The molecule has 0 radical (unpaired) electrons. The molecule has 0 atom stereocenters. The van der Waals surface area contributed by atoms with Gasteiger partial charge in [-0.05, 0) is 19.1 Å². The summed E-state index contributed by atoms with van der Waals surface area (Å²) in [4.78, 5) is 4.04. The van der Waals surface area contributed by atoms with E-state index < -0.39 is 0 Å². The zero-order valence-electron chi connectivity index (χ0n) is 8.74. The van der Waals surface area contributed by atoms with Crippen LogP contribution in [0.1, 0.15) is 13.3 Å². The first-order valence-corrected chi connectivity index (χ1v) is 5.20. The first kappa shape index (κ1) is 11.8. The van der Waals surface area contributed by atoms with Crippen LogP contribution in [0.5, 0.6) is 0 Å². The summed E-state index contributed by atoms with van der Waals surface area (Å²) in [5.74, 6) is 0.726. The van der Waals surface area contributed by atoms with E-state index in [1.54, 1.807) is 12.3 Å². The molecule has 1 aliphatic heterocycles. The van der Waals surface area contributed by atoms with Crippen molar-refractivity contribution in [3.05, 3.63) is 47.4 Å². The summed E-state index contributed by atoms with van der Waals surface area (Å²) in [6, 6.07) is 0. The van der Waals surface area contributed by atoms with Gasteiger partial charge in [-0.25, -0.2) is 4.99 Å². The van der Waals surface area contributed by atoms with Crippen molar-refractivity contribution in [1.82, 2.24) is 0 Å². The Morgan fingerprint density at radius 3 is 3.13 bits per heavy atom. The van der Waals surface area contributed by atoms with Crippen LogP contribution in [0.3, 0.4) is 0 Å². The van der Waals surface area contributed by atoms with Gasteiger partial charge in [0.2, 0.25) is 0 Å². The van der Waals surface area contributed by atoms with E-state index in [1.807, 2.05) is 25.2 Å². The lowest BCUT2D eigenvalue weighted by Gasteiger charge is -2.08. The standard InChI is InChI=1S/C12H14ClNO/c1-3-15-11-7-5-4-6-8-14-12(13)9-10(11)2/h4-5,7-9H,2-3,6H2,1H3/b5-4-,11-7+,12-9-,14-8-. The molecule has 0 unspecified atom stereocenters. The van der Waals surface area contributed by atoms with Gasteiger partial charge in [-0.2, -0.15) is 0 Å². The molecular formula is C12H14ClNO. The van der Waals surface area contributed by atoms with E-state index in [4.69, 9.17) is 16.3 Å². The fourth-order valence-corrected chi connectivity index (χ4v) is 1.29. The van der Waals surface area contributed by atoms with E-state index >= 15 is 0 Å². The first-order chi connectivity index (χ1) is 7.24. The van der Waals surface area contributed by atoms with Crippen LogP contribution in [0, 0.1) is 0 Å². The summed E-state index contributed by atoms with van der Waals surface area (Å²) in [5, 5.41) is 0.418. The molecule has 0 fully saturated rings. The summed E-state index contributed by atoms with van der Waals surface area (Å²) in [5.41, 5.74) is 0.727. The number of allylic oxidation sites excluding steroid dienone is 4. The van der Waals surface area contributed by atoms with E-state index in [0.29, 0.717) is 11.8 Å². The Morgan fingerprint density at radius 1 is 1.60 bits per heavy atom. The fraction of sp³-hybridized carbons (Fsp3) is 0.250. The third-order valence-electron chi connectivity index (χ3n) is 1.75. The molecule has 0 aromatic rings. The van der Waals surface area contributed by atoms with Gasteiger partial charge < -0.3 is 4.74 Å². The second kappa shape index (κ2) is 6.25. The average Bonchev–Trinajstić information content (AvgIpc) is 2.20. The largest absolute Gasteiger partial charge is 0.493 e. The summed E-state index contributed by atoms with van der Waals surface area (Å²) in [7, 11) is 0. The molecule has 0 spiro atoms. The maximum atomic E-state index is 5.88. The Balaban J connectivity index is 2.93. The van der Waals surface area contributed by atoms with E-state index in [-0.39, 0.29) is 0 Å². The molecule has 0 saturated carbocycles. The van der Waals surface area contributed by atoms with Crippen LogP contribution in [-0.2, 0) is 4.74 Å². The van der Waals surface area contributed by atoms with Crippen LogP contribution in [0.4, 0.5) is 0 Å². The van der Waals surface area contributed by atoms with Crippen molar-refractivity contribution in [2.24, 2.45) is 4.99 Å². The summed E-state index contributed by atoms with van der Waals surface area (Å²) in [6.07, 6.45) is 9.99. The van der Waals surface area contributed by atoms with Gasteiger partial charge in [0, 0.05) is 18.2 Å². The van der Waals surface area contributed by atoms with Crippen molar-refractivity contribution >= 4 is 17.8 Å². The van der Waals surface area contributed by atoms with Crippen molar-refractivity contribution in [1.29, 1.82) is 0 Å². The normalized spacial score (nSPS) is 28.3. The van der Waals surface area contributed by atoms with Crippen molar-refractivity contribution in [3.63, 3.8) is 0 Å². The average molecular weight is 224 g/mol. The lowest BCUT2D eigenvalue weighted by Crippen LogP contribution is -1.93. The smallest absolute Gasteiger partial charge is 0.129 e. The van der Waals surface area contributed by atoms with E-state index in [0.717, 1.165) is 17.8 Å². The third-order valence-corrected chi connectivity index (χ3v) is 1.96. The molecule has 0 amide bonds. The molecular weight excluding hydrogens is 210 g/mol. The molecule has 0 N–H and O–H groups in total. The lowest BCUT2D eigenvalue weighted by molar-refractivity contribution is 0.239. The Morgan fingerprint density at radius 2 is 2.40 bits per heavy atom. The SMILES string of the molecule is C=C1/C=C(Cl)\N=C/C/C=C\C=C/1OCC. The van der Waals surface area contributed by atoms with Gasteiger partial charge in [0.25, 0.3) is 0 Å². The molecule has 0 aliphatic carbocycles. The molecule has 0 aromatic heterocycles. The van der Waals surface area contributed by atoms with E-state index in [9.17, 15) is 0 Å². The molecule has 15 heavy (non-hydrogen) atoms. The third kappa shape index (κ3) is 4.17. The molecule has 1 aliphatic rings. The number of nitrogens with zero attached hydrogens (tertiary/aromatic N) is 1. The van der Waals surface area contributed by atoms with Gasteiger partial charge in [0.05, 0.1) is 6.61 Å². The van der Waals surface area contributed by atoms with Gasteiger partial charge >= 0.3 is 0 Å². The number of rotatable bonds is 2. The van der Waals surface area contributed by atoms with Gasteiger partial charge in [-0.3, -0.25) is 0 Å². The molecule has 0 saturated heterocycles. The zero-order valence-corrected chi connectivity index (χ0v) is 9.50. The minimum atomic E-state index is 0.418. The molecule has 3 heteroatoms. The Kier molecular flexibility index (Phi) is 4.91. The van der Waals surface area contributed by atoms with Crippen LogP contribution in [0.25, 0.3) is 0 Å². The van der Waals surface area contributed by atoms with Crippen molar-refractivity contribution in [2.45, 2.75) is 13.3 Å². The highest BCUT2D eigenvalue weighted by Gasteiger charge is 2.01. The second-order valence-electron chi connectivity index (χ2n) is 2.93. The quantitative estimate of drug-likeness (QED) is 0.656. The number of ether oxygens (including phenoxy) is 1. The molecule has 80 valence electrons. The molecule has 0 bridgehead atoms. The Hall–Kier alpha value is -1.28. The van der Waals surface area contributed by atoms with Crippen LogP contribution in [-0.4, -0.2) is 12.8 Å². The topological polar surface area (TPSA) is 21.6 Å². The monoisotopic (exact) mass is 223 g/mol. The lowest BCUT2D eigenvalue weighted by atomic mass is 10.2. The van der Waals surface area contributed by atoms with Gasteiger partial charge in [-0.15, -0.1) is 0 Å². The predicted octanol–water partition coefficient (Wildman–Crippen LogP) is 3.57. The van der Waals surface area contributed by atoms with Crippen molar-refractivity contribution < 1.29 is 4.74 Å². The molecule has 2 nitrogen and oxygen atoms in total. The maximum absolute atomic E-state index is 5.88. The molecule has 1 rings (SSSR count). The summed E-state index contributed by atoms with van der Waals surface area (Å²) in [6.45, 7) is 6.41. The van der Waals surface area contributed by atoms with Crippen LogP contribution >= 0.6 is 11.6 Å². The highest BCUT2D eigenvalue weighted by Crippen LogP contribution is 2.16. The molecule has 0 aromatic carbocycles. The number of hydrogen-bond acceptors (Lipinski definition) is 2. The number of hydrogen-bond donors (Lipinski definition) is 0. The van der Waals surface area contributed by atoms with Crippen molar-refractivity contribution in [2.75, 3.05) is 6.61 Å². The molecule has 1 heterocycles. The van der Waals surface area contributed by atoms with Crippen LogP contribution < -0.4 is 0 Å². The minimum Gasteiger partial charge on any atom is -0.493 e. The van der Waals surface area contributed by atoms with Gasteiger partial charge in [-0.1, -0.05) is 30.3 Å². The van der Waals surface area contributed by atoms with Crippen LogP contribution in [0.15, 0.2) is 52.4 Å². The fourth-order valence-electron chi connectivity index (χ4n) is 1.09. The second-order valence-corrected chi connectivity index (χ2v) is 3.32. The predicted molar refractivity (Wildman–Crippen MR) is 65.0 cm³/mol. The number of aliphatic imine (C=N–C) groups is 1. The minimum absolute atomic E-state index is 0.418. The Labute approximate surface area is 95.3 Å². The summed E-state index contributed by atoms with van der Waals surface area (Å²) < 4.78 is 5.43. The van der Waals surface area contributed by atoms with Gasteiger partial charge in [0.1, 0.15) is 10.9 Å². The first-order valence-electron chi connectivity index (χ1n) is 4.82. The summed E-state index contributed by atoms with van der Waals surface area (Å²) >= 11 is 5.88. The Bertz CT molecular complexity index is 351. The zero-order chi connectivity index (χ0) is 11.1. The van der Waals surface area contributed by atoms with Crippen LogP contribution in [0.2, 0.25) is 0 Å². The highest BCUT2D eigenvalue weighted by molar-refractivity contribution is 6.30. The van der Waals surface area contributed by atoms with Crippen molar-refractivity contribution in [3.8, 4) is 0 Å².